The Labute approximate surface area is 136 Å². The number of fused-ring (bicyclic) bond motifs is 2. The third kappa shape index (κ3) is 3.59. The number of nitrogens with one attached hydrogen (secondary N) is 1. The maximum Gasteiger partial charge on any atom is 0.421 e. The van der Waals surface area contributed by atoms with Crippen molar-refractivity contribution in [2.75, 3.05) is 0 Å². The molecule has 0 aliphatic heterocycles. The highest BCUT2D eigenvalue weighted by atomic mass is 32.2. The molecule has 23 heavy (non-hydrogen) atoms. The number of hydrogen-bond acceptors (Lipinski definition) is 3. The summed E-state index contributed by atoms with van der Waals surface area (Å²) in [6, 6.07) is 15.0. The Morgan fingerprint density at radius 2 is 1.78 bits per heavy atom. The highest BCUT2D eigenvalue weighted by Crippen LogP contribution is 2.28. The monoisotopic (exact) mass is 327 g/mol. The number of rotatable bonds is 2. The first-order valence-electron chi connectivity index (χ1n) is 6.90. The van der Waals surface area contributed by atoms with Crippen LogP contribution in [0, 0.1) is 11.8 Å². The van der Waals surface area contributed by atoms with Gasteiger partial charge in [0, 0.05) is 23.1 Å². The molecule has 1 amide bonds. The highest BCUT2D eigenvalue weighted by Gasteiger charge is 2.22. The summed E-state index contributed by atoms with van der Waals surface area (Å²) in [6.45, 7) is 0. The summed E-state index contributed by atoms with van der Waals surface area (Å²) >= 11 is -2.46. The number of carbonyl (C=O) groups is 1. The lowest BCUT2D eigenvalue weighted by atomic mass is 9.92. The van der Waals surface area contributed by atoms with Crippen molar-refractivity contribution in [1.29, 1.82) is 0 Å². The van der Waals surface area contributed by atoms with Crippen molar-refractivity contribution in [3.05, 3.63) is 70.8 Å². The zero-order chi connectivity index (χ0) is 16.2. The first-order chi connectivity index (χ1) is 11.1. The second-order valence-electron chi connectivity index (χ2n) is 4.94. The number of benzene rings is 2. The normalized spacial score (nSPS) is 16.5. The van der Waals surface area contributed by atoms with E-state index in [4.69, 9.17) is 9.29 Å². The van der Waals surface area contributed by atoms with Gasteiger partial charge in [0.25, 0.3) is 11.3 Å². The standard InChI is InChI=1S/C17H13NO4S/c19-17(18-23(20)21)22-16-11-14-7-2-1-5-12(14)9-10-13-6-3-4-8-15(13)16/h1-8,16H,11H2,(H,18,19)(H,20,21). The van der Waals surface area contributed by atoms with Gasteiger partial charge in [0.15, 0.2) is 0 Å². The average Bonchev–Trinajstić information content (AvgIpc) is 2.51. The minimum Gasteiger partial charge on any atom is -0.440 e. The van der Waals surface area contributed by atoms with Crippen LogP contribution in [0.2, 0.25) is 0 Å². The van der Waals surface area contributed by atoms with Crippen molar-refractivity contribution in [2.45, 2.75) is 12.5 Å². The maximum absolute atomic E-state index is 11.7. The fourth-order valence-corrected chi connectivity index (χ4v) is 2.68. The second kappa shape index (κ2) is 6.65. The molecule has 1 aliphatic carbocycles. The minimum atomic E-state index is -2.46. The topological polar surface area (TPSA) is 75.6 Å². The molecule has 0 spiro atoms. The van der Waals surface area contributed by atoms with Crippen LogP contribution in [0.4, 0.5) is 4.79 Å². The molecule has 2 unspecified atom stereocenters. The van der Waals surface area contributed by atoms with E-state index in [1.54, 1.807) is 0 Å². The van der Waals surface area contributed by atoms with Crippen molar-refractivity contribution in [3.8, 4) is 11.8 Å². The second-order valence-corrected chi connectivity index (χ2v) is 5.65. The first kappa shape index (κ1) is 15.3. The van der Waals surface area contributed by atoms with Gasteiger partial charge in [0.05, 0.1) is 0 Å². The molecule has 0 saturated heterocycles. The molecule has 3 rings (SSSR count). The Morgan fingerprint density at radius 1 is 1.13 bits per heavy atom. The van der Waals surface area contributed by atoms with E-state index in [0.29, 0.717) is 6.42 Å². The Hall–Kier alpha value is -2.62. The van der Waals surface area contributed by atoms with Gasteiger partial charge in [0.1, 0.15) is 6.10 Å². The van der Waals surface area contributed by atoms with Crippen molar-refractivity contribution in [2.24, 2.45) is 0 Å². The van der Waals surface area contributed by atoms with Crippen LogP contribution in [0.3, 0.4) is 0 Å². The minimum absolute atomic E-state index is 0.438. The Bertz CT molecular complexity index is 838. The molecule has 1 aliphatic rings. The van der Waals surface area contributed by atoms with Crippen LogP contribution in [0.5, 0.6) is 0 Å². The number of hydrogen-bond donors (Lipinski definition) is 2. The number of carbonyl (C=O) groups excluding carboxylic acids is 1. The van der Waals surface area contributed by atoms with Gasteiger partial charge in [-0.2, -0.15) is 0 Å². The third-order valence-electron chi connectivity index (χ3n) is 3.48. The van der Waals surface area contributed by atoms with Gasteiger partial charge in [-0.3, -0.25) is 4.55 Å². The molecule has 0 aromatic heterocycles. The summed E-state index contributed by atoms with van der Waals surface area (Å²) in [5.74, 6) is 6.23. The molecule has 116 valence electrons. The predicted molar refractivity (Wildman–Crippen MR) is 85.7 cm³/mol. The van der Waals surface area contributed by atoms with Crippen LogP contribution < -0.4 is 4.72 Å². The summed E-state index contributed by atoms with van der Waals surface area (Å²) in [4.78, 5) is 11.7. The lowest BCUT2D eigenvalue weighted by Gasteiger charge is -2.21. The first-order valence-corrected chi connectivity index (χ1v) is 8.01. The van der Waals surface area contributed by atoms with E-state index in [1.165, 1.54) is 0 Å². The molecular weight excluding hydrogens is 314 g/mol. The van der Waals surface area contributed by atoms with Crippen molar-refractivity contribution in [3.63, 3.8) is 0 Å². The summed E-state index contributed by atoms with van der Waals surface area (Å²) in [5, 5.41) is 0. The van der Waals surface area contributed by atoms with Crippen LogP contribution in [-0.4, -0.2) is 14.9 Å². The lowest BCUT2D eigenvalue weighted by molar-refractivity contribution is 0.102. The fraction of sp³-hybridized carbons (Fsp3) is 0.118. The van der Waals surface area contributed by atoms with Gasteiger partial charge in [-0.15, -0.1) is 0 Å². The van der Waals surface area contributed by atoms with Gasteiger partial charge >= 0.3 is 6.09 Å². The molecule has 2 aromatic carbocycles. The molecular formula is C17H13NO4S. The van der Waals surface area contributed by atoms with Crippen molar-refractivity contribution < 1.29 is 18.3 Å². The average molecular weight is 327 g/mol. The van der Waals surface area contributed by atoms with E-state index in [2.05, 4.69) is 11.8 Å². The summed E-state index contributed by atoms with van der Waals surface area (Å²) in [6.07, 6.45) is -1.10. The van der Waals surface area contributed by atoms with Gasteiger partial charge < -0.3 is 4.74 Å². The quantitative estimate of drug-likeness (QED) is 0.656. The Balaban J connectivity index is 2.01. The van der Waals surface area contributed by atoms with Crippen LogP contribution in [0.25, 0.3) is 0 Å². The summed E-state index contributed by atoms with van der Waals surface area (Å²) in [7, 11) is 0. The number of amides is 1. The van der Waals surface area contributed by atoms with Crippen molar-refractivity contribution >= 4 is 17.4 Å². The fourth-order valence-electron chi connectivity index (χ4n) is 2.49. The lowest BCUT2D eigenvalue weighted by Crippen LogP contribution is -2.28. The smallest absolute Gasteiger partial charge is 0.421 e. The zero-order valence-electron chi connectivity index (χ0n) is 12.0. The van der Waals surface area contributed by atoms with E-state index in [1.807, 2.05) is 53.3 Å². The van der Waals surface area contributed by atoms with Crippen LogP contribution in [0.15, 0.2) is 48.5 Å². The van der Waals surface area contributed by atoms with E-state index in [0.717, 1.165) is 22.3 Å². The largest absolute Gasteiger partial charge is 0.440 e. The maximum atomic E-state index is 11.7. The molecule has 0 radical (unpaired) electrons. The molecule has 2 atom stereocenters. The molecule has 0 bridgehead atoms. The van der Waals surface area contributed by atoms with E-state index in [9.17, 15) is 9.00 Å². The molecule has 2 aromatic rings. The van der Waals surface area contributed by atoms with E-state index in [-0.39, 0.29) is 0 Å². The van der Waals surface area contributed by atoms with Gasteiger partial charge in [-0.1, -0.05) is 48.2 Å². The SMILES string of the molecule is O=C(NS(=O)O)OC1Cc2ccccc2C#Cc2ccccc21. The van der Waals surface area contributed by atoms with E-state index >= 15 is 0 Å². The Morgan fingerprint density at radius 3 is 2.57 bits per heavy atom. The molecule has 0 heterocycles. The van der Waals surface area contributed by atoms with Gasteiger partial charge in [0.2, 0.25) is 0 Å². The molecule has 0 saturated carbocycles. The Kier molecular flexibility index (Phi) is 4.42. The van der Waals surface area contributed by atoms with E-state index < -0.39 is 23.5 Å². The molecule has 6 heteroatoms. The number of ether oxygens (including phenoxy) is 1. The molecule has 5 nitrogen and oxygen atoms in total. The molecule has 2 N–H and O–H groups in total. The van der Waals surface area contributed by atoms with Crippen LogP contribution in [0.1, 0.15) is 28.4 Å². The summed E-state index contributed by atoms with van der Waals surface area (Å²) in [5.41, 5.74) is 3.37. The predicted octanol–water partition coefficient (Wildman–Crippen LogP) is 2.55. The zero-order valence-corrected chi connectivity index (χ0v) is 12.8. The van der Waals surface area contributed by atoms with Crippen LogP contribution in [-0.2, 0) is 22.4 Å². The third-order valence-corrected chi connectivity index (χ3v) is 3.82. The van der Waals surface area contributed by atoms with Crippen molar-refractivity contribution in [1.82, 2.24) is 4.72 Å². The van der Waals surface area contributed by atoms with Gasteiger partial charge in [-0.05, 0) is 17.7 Å². The van der Waals surface area contributed by atoms with Crippen LogP contribution >= 0.6 is 0 Å². The van der Waals surface area contributed by atoms with Gasteiger partial charge in [-0.25, -0.2) is 13.7 Å². The molecule has 0 fully saturated rings. The summed E-state index contributed by atoms with van der Waals surface area (Å²) < 4.78 is 26.6. The highest BCUT2D eigenvalue weighted by molar-refractivity contribution is 7.77.